The Bertz CT molecular complexity index is 327. The largest absolute Gasteiger partial charge is 0.394 e. The lowest BCUT2D eigenvalue weighted by molar-refractivity contribution is 0.0923. The number of isocyanates is 2. The SMILES string of the molecule is CCC(O)CO.Cc1ccccc1.N=C=O.N=C=O. The van der Waals surface area contributed by atoms with Crippen molar-refractivity contribution < 1.29 is 19.8 Å². The minimum absolute atomic E-state index is 0.115. The minimum atomic E-state index is -0.509. The van der Waals surface area contributed by atoms with Gasteiger partial charge in [-0.15, -0.1) is 0 Å². The summed E-state index contributed by atoms with van der Waals surface area (Å²) in [4.78, 5) is 16.7. The molecule has 0 saturated carbocycles. The number of hydrogen-bond acceptors (Lipinski definition) is 6. The van der Waals surface area contributed by atoms with Gasteiger partial charge >= 0.3 is 0 Å². The normalized spacial score (nSPS) is 8.63. The Hall–Kier alpha value is -2.10. The van der Waals surface area contributed by atoms with Crippen LogP contribution in [0.1, 0.15) is 18.9 Å². The van der Waals surface area contributed by atoms with Crippen LogP contribution >= 0.6 is 0 Å². The van der Waals surface area contributed by atoms with Crippen molar-refractivity contribution in [3.63, 3.8) is 0 Å². The number of rotatable bonds is 2. The fraction of sp³-hybridized carbons (Fsp3) is 0.385. The molecule has 0 amide bonds. The second-order valence-corrected chi connectivity index (χ2v) is 3.10. The molecule has 19 heavy (non-hydrogen) atoms. The third kappa shape index (κ3) is 31.3. The van der Waals surface area contributed by atoms with E-state index in [4.69, 9.17) is 30.6 Å². The fourth-order valence-electron chi connectivity index (χ4n) is 0.663. The molecule has 4 N–H and O–H groups in total. The number of benzene rings is 1. The molecule has 0 fully saturated rings. The third-order valence-electron chi connectivity index (χ3n) is 1.62. The van der Waals surface area contributed by atoms with E-state index in [1.165, 1.54) is 5.56 Å². The zero-order chi connectivity index (χ0) is 15.5. The first kappa shape index (κ1) is 22.1. The molecule has 1 unspecified atom stereocenters. The van der Waals surface area contributed by atoms with Gasteiger partial charge < -0.3 is 10.2 Å². The Balaban J connectivity index is -0.000000195. The fourth-order valence-corrected chi connectivity index (χ4v) is 0.663. The molecule has 0 aliphatic carbocycles. The van der Waals surface area contributed by atoms with Gasteiger partial charge in [0.25, 0.3) is 0 Å². The van der Waals surface area contributed by atoms with Gasteiger partial charge in [-0.3, -0.25) is 0 Å². The highest BCUT2D eigenvalue weighted by Gasteiger charge is 1.92. The van der Waals surface area contributed by atoms with Gasteiger partial charge in [-0.05, 0) is 13.3 Å². The van der Waals surface area contributed by atoms with Crippen LogP contribution in [0.5, 0.6) is 0 Å². The maximum atomic E-state index is 8.42. The molecule has 0 aliphatic rings. The second kappa shape index (κ2) is 21.2. The van der Waals surface area contributed by atoms with Crippen LogP contribution in [0.3, 0.4) is 0 Å². The highest BCUT2D eigenvalue weighted by molar-refractivity contribution is 5.26. The molecular weight excluding hydrogens is 248 g/mol. The molecular formula is C13H20N2O4. The van der Waals surface area contributed by atoms with E-state index in [1.807, 2.05) is 25.1 Å². The lowest BCUT2D eigenvalue weighted by Crippen LogP contribution is -2.08. The van der Waals surface area contributed by atoms with Gasteiger partial charge in [-0.1, -0.05) is 42.8 Å². The van der Waals surface area contributed by atoms with E-state index in [1.54, 1.807) is 0 Å². The van der Waals surface area contributed by atoms with Crippen LogP contribution in [0.15, 0.2) is 30.3 Å². The number of hydrogen-bond donors (Lipinski definition) is 4. The van der Waals surface area contributed by atoms with Gasteiger partial charge in [0.05, 0.1) is 12.7 Å². The van der Waals surface area contributed by atoms with Crippen LogP contribution in [0.25, 0.3) is 0 Å². The predicted molar refractivity (Wildman–Crippen MR) is 71.4 cm³/mol. The van der Waals surface area contributed by atoms with Crippen molar-refractivity contribution in [2.24, 2.45) is 0 Å². The van der Waals surface area contributed by atoms with Crippen LogP contribution in [0, 0.1) is 17.7 Å². The van der Waals surface area contributed by atoms with Crippen LogP contribution in [0.4, 0.5) is 0 Å². The summed E-state index contributed by atoms with van der Waals surface area (Å²) in [5, 5.41) is 27.3. The monoisotopic (exact) mass is 268 g/mol. The standard InChI is InChI=1S/C7H8.C4H10O2.2CHNO/c1-7-5-3-2-4-6-7;1-2-4(6)3-5;2*2-1-3/h2-6H,1H3;4-6H,2-3H2,1H3;2*2H. The van der Waals surface area contributed by atoms with Crippen LogP contribution in [0.2, 0.25) is 0 Å². The molecule has 0 radical (unpaired) electrons. The van der Waals surface area contributed by atoms with Crippen molar-refractivity contribution in [3.05, 3.63) is 35.9 Å². The summed E-state index contributed by atoms with van der Waals surface area (Å²) in [6.45, 7) is 3.79. The number of nitrogens with one attached hydrogen (secondary N) is 2. The summed E-state index contributed by atoms with van der Waals surface area (Å²) in [5.41, 5.74) is 1.32. The predicted octanol–water partition coefficient (Wildman–Crippen LogP) is 1.55. The maximum Gasteiger partial charge on any atom is 0.231 e. The molecule has 0 heterocycles. The summed E-state index contributed by atoms with van der Waals surface area (Å²) < 4.78 is 0. The average Bonchev–Trinajstić information content (AvgIpc) is 2.41. The van der Waals surface area contributed by atoms with E-state index in [2.05, 4.69) is 19.1 Å². The Kier molecular flexibility index (Phi) is 24.7. The summed E-state index contributed by atoms with van der Waals surface area (Å²) in [5.74, 6) is 0. The average molecular weight is 268 g/mol. The summed E-state index contributed by atoms with van der Waals surface area (Å²) in [6, 6.07) is 10.3. The molecule has 6 nitrogen and oxygen atoms in total. The topological polar surface area (TPSA) is 122 Å². The molecule has 1 aromatic carbocycles. The van der Waals surface area contributed by atoms with Crippen molar-refractivity contribution in [2.75, 3.05) is 6.61 Å². The van der Waals surface area contributed by atoms with Crippen molar-refractivity contribution in [1.82, 2.24) is 0 Å². The Morgan fingerprint density at radius 3 is 1.63 bits per heavy atom. The molecule has 1 aromatic rings. The van der Waals surface area contributed by atoms with E-state index in [-0.39, 0.29) is 6.61 Å². The zero-order valence-electron chi connectivity index (χ0n) is 11.1. The molecule has 0 aliphatic heterocycles. The Morgan fingerprint density at radius 1 is 1.16 bits per heavy atom. The summed E-state index contributed by atoms with van der Waals surface area (Å²) >= 11 is 0. The summed E-state index contributed by atoms with van der Waals surface area (Å²) in [7, 11) is 0. The second-order valence-electron chi connectivity index (χ2n) is 3.10. The summed E-state index contributed by atoms with van der Waals surface area (Å²) in [6.07, 6.45) is 1.63. The molecule has 106 valence electrons. The number of aryl methyl sites for hydroxylation is 1. The van der Waals surface area contributed by atoms with Crippen molar-refractivity contribution >= 4 is 12.2 Å². The van der Waals surface area contributed by atoms with Crippen LogP contribution in [-0.2, 0) is 9.59 Å². The highest BCUT2D eigenvalue weighted by atomic mass is 16.3. The van der Waals surface area contributed by atoms with Gasteiger partial charge in [0.1, 0.15) is 0 Å². The molecule has 6 heteroatoms. The van der Waals surface area contributed by atoms with Gasteiger partial charge in [0, 0.05) is 0 Å². The van der Waals surface area contributed by atoms with Crippen LogP contribution < -0.4 is 0 Å². The first-order valence-electron chi connectivity index (χ1n) is 5.42. The van der Waals surface area contributed by atoms with E-state index in [9.17, 15) is 0 Å². The van der Waals surface area contributed by atoms with Gasteiger partial charge in [-0.25, -0.2) is 20.4 Å². The van der Waals surface area contributed by atoms with Gasteiger partial charge in [0.2, 0.25) is 12.2 Å². The Morgan fingerprint density at radius 2 is 1.53 bits per heavy atom. The molecule has 1 rings (SSSR count). The van der Waals surface area contributed by atoms with Crippen molar-refractivity contribution in [3.8, 4) is 0 Å². The first-order valence-corrected chi connectivity index (χ1v) is 5.42. The minimum Gasteiger partial charge on any atom is -0.394 e. The number of aliphatic hydroxyl groups is 2. The van der Waals surface area contributed by atoms with E-state index in [0.717, 1.165) is 12.2 Å². The quantitative estimate of drug-likeness (QED) is 0.480. The van der Waals surface area contributed by atoms with Crippen molar-refractivity contribution in [2.45, 2.75) is 26.4 Å². The van der Waals surface area contributed by atoms with Crippen molar-refractivity contribution in [1.29, 1.82) is 10.8 Å². The third-order valence-corrected chi connectivity index (χ3v) is 1.62. The molecule has 0 spiro atoms. The number of carbonyl (C=O) groups excluding carboxylic acids is 2. The highest BCUT2D eigenvalue weighted by Crippen LogP contribution is 1.92. The maximum absolute atomic E-state index is 8.42. The Labute approximate surface area is 112 Å². The van der Waals surface area contributed by atoms with E-state index >= 15 is 0 Å². The zero-order valence-corrected chi connectivity index (χ0v) is 11.1. The molecule has 0 bridgehead atoms. The van der Waals surface area contributed by atoms with Gasteiger partial charge in [0.15, 0.2) is 0 Å². The van der Waals surface area contributed by atoms with E-state index < -0.39 is 6.10 Å². The lowest BCUT2D eigenvalue weighted by Gasteiger charge is -1.97. The van der Waals surface area contributed by atoms with Crippen LogP contribution in [-0.4, -0.2) is 35.1 Å². The van der Waals surface area contributed by atoms with E-state index in [0.29, 0.717) is 6.42 Å². The molecule has 1 atom stereocenters. The number of aliphatic hydroxyl groups excluding tert-OH is 2. The molecule has 0 saturated heterocycles. The van der Waals surface area contributed by atoms with Gasteiger partial charge in [-0.2, -0.15) is 0 Å². The molecule has 0 aromatic heterocycles. The lowest BCUT2D eigenvalue weighted by atomic mass is 10.2. The first-order chi connectivity index (χ1) is 9.03. The smallest absolute Gasteiger partial charge is 0.231 e.